The first-order chi connectivity index (χ1) is 13.8. The van der Waals surface area contributed by atoms with Crippen LogP contribution in [0.4, 0.5) is 0 Å². The van der Waals surface area contributed by atoms with Crippen molar-refractivity contribution in [2.75, 3.05) is 26.2 Å². The number of benzene rings is 1. The van der Waals surface area contributed by atoms with Crippen molar-refractivity contribution in [2.24, 2.45) is 11.8 Å². The monoisotopic (exact) mass is 396 g/mol. The summed E-state index contributed by atoms with van der Waals surface area (Å²) < 4.78 is 5.72. The van der Waals surface area contributed by atoms with Gasteiger partial charge in [-0.2, -0.15) is 0 Å². The average molecular weight is 397 g/mol. The predicted molar refractivity (Wildman–Crippen MR) is 113 cm³/mol. The Kier molecular flexibility index (Phi) is 5.52. The van der Waals surface area contributed by atoms with Gasteiger partial charge in [0.2, 0.25) is 0 Å². The number of piperidine rings is 1. The normalized spacial score (nSPS) is 28.1. The fraction of sp³-hybridized carbons (Fsp3) is 0.583. The number of imide groups is 1. The third-order valence-corrected chi connectivity index (χ3v) is 6.53. The molecule has 5 heteroatoms. The van der Waals surface area contributed by atoms with E-state index in [4.69, 9.17) is 4.74 Å². The number of ether oxygens (including phenoxy) is 1. The predicted octanol–water partition coefficient (Wildman–Crippen LogP) is 3.54. The van der Waals surface area contributed by atoms with Crippen molar-refractivity contribution in [3.8, 4) is 0 Å². The molecule has 3 unspecified atom stereocenters. The molecule has 3 aliphatic rings. The Bertz CT molecular complexity index is 844. The minimum atomic E-state index is -0.172. The van der Waals surface area contributed by atoms with Crippen molar-refractivity contribution in [3.05, 3.63) is 40.6 Å². The minimum Gasteiger partial charge on any atom is -0.376 e. The summed E-state index contributed by atoms with van der Waals surface area (Å²) in [4.78, 5) is 30.6. The molecule has 156 valence electrons. The Morgan fingerprint density at radius 2 is 1.76 bits per heavy atom. The van der Waals surface area contributed by atoms with E-state index in [1.54, 1.807) is 0 Å². The van der Waals surface area contributed by atoms with E-state index in [2.05, 4.69) is 32.6 Å². The zero-order chi connectivity index (χ0) is 20.7. The second-order valence-electron chi connectivity index (χ2n) is 9.23. The Hall–Kier alpha value is -2.14. The lowest BCUT2D eigenvalue weighted by Crippen LogP contribution is -2.43. The van der Waals surface area contributed by atoms with Gasteiger partial charge < -0.3 is 9.64 Å². The number of carbonyl (C=O) groups excluding carboxylic acids is 2. The Balaban J connectivity index is 1.74. The highest BCUT2D eigenvalue weighted by molar-refractivity contribution is 6.35. The highest BCUT2D eigenvalue weighted by Crippen LogP contribution is 2.36. The van der Waals surface area contributed by atoms with Crippen LogP contribution in [-0.4, -0.2) is 54.0 Å². The number of nitrogens with zero attached hydrogens (tertiary/aromatic N) is 2. The first-order valence-corrected chi connectivity index (χ1v) is 10.9. The second-order valence-corrected chi connectivity index (χ2v) is 9.23. The zero-order valence-electron chi connectivity index (χ0n) is 18.0. The summed E-state index contributed by atoms with van der Waals surface area (Å²) >= 11 is 0. The first kappa shape index (κ1) is 20.1. The summed E-state index contributed by atoms with van der Waals surface area (Å²) in [5.74, 6) is 0.680. The standard InChI is InChI=1S/C24H32N2O3/c1-15-10-16(2)13-25(12-15)22-21(19-8-7-17(3)18(4)11-19)23(27)26(24(22)28)14-20-6-5-9-29-20/h7-8,11,15-16,20H,5-6,9-10,12-14H2,1-4H3. The molecule has 5 nitrogen and oxygen atoms in total. The molecule has 0 aliphatic carbocycles. The lowest BCUT2D eigenvalue weighted by atomic mass is 9.90. The van der Waals surface area contributed by atoms with Crippen LogP contribution in [0.2, 0.25) is 0 Å². The minimum absolute atomic E-state index is 0.0394. The van der Waals surface area contributed by atoms with Gasteiger partial charge >= 0.3 is 0 Å². The Morgan fingerprint density at radius 1 is 1.03 bits per heavy atom. The van der Waals surface area contributed by atoms with Crippen molar-refractivity contribution in [1.29, 1.82) is 0 Å². The van der Waals surface area contributed by atoms with Crippen LogP contribution in [0.5, 0.6) is 0 Å². The van der Waals surface area contributed by atoms with Crippen LogP contribution in [0.3, 0.4) is 0 Å². The number of hydrogen-bond donors (Lipinski definition) is 0. The van der Waals surface area contributed by atoms with Crippen LogP contribution < -0.4 is 0 Å². The number of rotatable bonds is 4. The largest absolute Gasteiger partial charge is 0.376 e. The van der Waals surface area contributed by atoms with E-state index in [0.29, 0.717) is 36.3 Å². The summed E-state index contributed by atoms with van der Waals surface area (Å²) in [6.45, 7) is 11.3. The highest BCUT2D eigenvalue weighted by atomic mass is 16.5. The highest BCUT2D eigenvalue weighted by Gasteiger charge is 2.44. The van der Waals surface area contributed by atoms with Crippen LogP contribution in [0, 0.1) is 25.7 Å². The molecule has 0 spiro atoms. The van der Waals surface area contributed by atoms with E-state index in [0.717, 1.165) is 43.5 Å². The lowest BCUT2D eigenvalue weighted by molar-refractivity contribution is -0.139. The van der Waals surface area contributed by atoms with E-state index in [1.165, 1.54) is 10.5 Å². The fourth-order valence-electron chi connectivity index (χ4n) is 5.02. The Morgan fingerprint density at radius 3 is 2.38 bits per heavy atom. The molecule has 2 amide bonds. The molecule has 29 heavy (non-hydrogen) atoms. The number of amides is 2. The summed E-state index contributed by atoms with van der Waals surface area (Å²) in [7, 11) is 0. The van der Waals surface area contributed by atoms with Gasteiger partial charge in [0.1, 0.15) is 5.70 Å². The maximum Gasteiger partial charge on any atom is 0.277 e. The van der Waals surface area contributed by atoms with Crippen molar-refractivity contribution >= 4 is 17.4 Å². The van der Waals surface area contributed by atoms with Crippen LogP contribution >= 0.6 is 0 Å². The molecule has 1 aromatic rings. The van der Waals surface area contributed by atoms with Crippen LogP contribution in [0.25, 0.3) is 5.57 Å². The number of hydrogen-bond acceptors (Lipinski definition) is 4. The van der Waals surface area contributed by atoms with Crippen molar-refractivity contribution < 1.29 is 14.3 Å². The maximum atomic E-state index is 13.5. The van der Waals surface area contributed by atoms with E-state index >= 15 is 0 Å². The van der Waals surface area contributed by atoms with Crippen LogP contribution in [-0.2, 0) is 14.3 Å². The SMILES string of the molecule is Cc1ccc(C2=C(N3CC(C)CC(C)C3)C(=O)N(CC3CCCO3)C2=O)cc1C. The van der Waals surface area contributed by atoms with E-state index in [1.807, 2.05) is 18.2 Å². The quantitative estimate of drug-likeness (QED) is 0.731. The van der Waals surface area contributed by atoms with Gasteiger partial charge in [-0.25, -0.2) is 0 Å². The first-order valence-electron chi connectivity index (χ1n) is 10.9. The molecule has 0 radical (unpaired) electrons. The summed E-state index contributed by atoms with van der Waals surface area (Å²) in [6.07, 6.45) is 3.02. The fourth-order valence-corrected chi connectivity index (χ4v) is 5.02. The molecule has 0 aromatic heterocycles. The third-order valence-electron chi connectivity index (χ3n) is 6.53. The van der Waals surface area contributed by atoms with Crippen molar-refractivity contribution in [2.45, 2.75) is 53.1 Å². The summed E-state index contributed by atoms with van der Waals surface area (Å²) in [5.41, 5.74) is 4.32. The topological polar surface area (TPSA) is 49.9 Å². The van der Waals surface area contributed by atoms with E-state index < -0.39 is 0 Å². The summed E-state index contributed by atoms with van der Waals surface area (Å²) in [6, 6.07) is 6.06. The number of aryl methyl sites for hydroxylation is 2. The van der Waals surface area contributed by atoms with Gasteiger partial charge in [0.15, 0.2) is 0 Å². The van der Waals surface area contributed by atoms with Crippen molar-refractivity contribution in [3.63, 3.8) is 0 Å². The molecule has 3 heterocycles. The molecule has 0 saturated carbocycles. The molecule has 0 N–H and O–H groups in total. The smallest absolute Gasteiger partial charge is 0.277 e. The van der Waals surface area contributed by atoms with Crippen LogP contribution in [0.15, 0.2) is 23.9 Å². The summed E-state index contributed by atoms with van der Waals surface area (Å²) in [5, 5.41) is 0. The Labute approximate surface area is 173 Å². The molecule has 3 atom stereocenters. The zero-order valence-corrected chi connectivity index (χ0v) is 18.0. The third kappa shape index (κ3) is 3.85. The van der Waals surface area contributed by atoms with Gasteiger partial charge in [-0.1, -0.05) is 32.0 Å². The molecule has 2 saturated heterocycles. The molecule has 2 fully saturated rings. The number of carbonyl (C=O) groups is 2. The lowest BCUT2D eigenvalue weighted by Gasteiger charge is -2.37. The average Bonchev–Trinajstić information content (AvgIpc) is 3.25. The van der Waals surface area contributed by atoms with E-state index in [9.17, 15) is 9.59 Å². The molecule has 1 aromatic carbocycles. The van der Waals surface area contributed by atoms with Gasteiger partial charge in [-0.3, -0.25) is 14.5 Å². The van der Waals surface area contributed by atoms with Crippen LogP contribution in [0.1, 0.15) is 49.8 Å². The molecular weight excluding hydrogens is 364 g/mol. The molecule has 4 rings (SSSR count). The van der Waals surface area contributed by atoms with Gasteiger partial charge in [0, 0.05) is 19.7 Å². The van der Waals surface area contributed by atoms with E-state index in [-0.39, 0.29) is 17.9 Å². The molecular formula is C24H32N2O3. The van der Waals surface area contributed by atoms with Crippen molar-refractivity contribution in [1.82, 2.24) is 9.80 Å². The number of likely N-dealkylation sites (tertiary alicyclic amines) is 1. The van der Waals surface area contributed by atoms with Gasteiger partial charge in [-0.05, 0) is 61.6 Å². The van der Waals surface area contributed by atoms with Gasteiger partial charge in [-0.15, -0.1) is 0 Å². The molecule has 0 bridgehead atoms. The van der Waals surface area contributed by atoms with Gasteiger partial charge in [0.05, 0.1) is 18.2 Å². The maximum absolute atomic E-state index is 13.5. The van der Waals surface area contributed by atoms with Gasteiger partial charge in [0.25, 0.3) is 11.8 Å². The second kappa shape index (κ2) is 7.94. The molecule has 3 aliphatic heterocycles.